The maximum absolute atomic E-state index is 12.4. The van der Waals surface area contributed by atoms with Crippen molar-refractivity contribution in [2.45, 2.75) is 69.2 Å². The SMILES string of the molecule is COc1ccc(C2(CN3CCC(NC(=O)CN4CCCC4)CC3)CCCCC2)cc1. The first-order valence-corrected chi connectivity index (χ1v) is 12.1. The molecule has 30 heavy (non-hydrogen) atoms. The lowest BCUT2D eigenvalue weighted by atomic mass is 9.69. The second-order valence-corrected chi connectivity index (χ2v) is 9.67. The molecular formula is C25H39N3O2. The first-order chi connectivity index (χ1) is 14.7. The molecule has 1 aliphatic carbocycles. The molecule has 0 bridgehead atoms. The molecule has 0 radical (unpaired) electrons. The minimum atomic E-state index is 0.220. The van der Waals surface area contributed by atoms with Gasteiger partial charge in [0, 0.05) is 31.1 Å². The van der Waals surface area contributed by atoms with Crippen molar-refractivity contribution < 1.29 is 9.53 Å². The number of carbonyl (C=O) groups excluding carboxylic acids is 1. The zero-order valence-electron chi connectivity index (χ0n) is 18.7. The highest BCUT2D eigenvalue weighted by Gasteiger charge is 2.36. The van der Waals surface area contributed by atoms with E-state index in [-0.39, 0.29) is 11.3 Å². The van der Waals surface area contributed by atoms with Gasteiger partial charge in [0.25, 0.3) is 0 Å². The number of methoxy groups -OCH3 is 1. The van der Waals surface area contributed by atoms with Crippen LogP contribution in [-0.2, 0) is 10.2 Å². The number of hydrogen-bond donors (Lipinski definition) is 1. The van der Waals surface area contributed by atoms with Crippen molar-refractivity contribution in [3.05, 3.63) is 29.8 Å². The zero-order valence-corrected chi connectivity index (χ0v) is 18.7. The maximum atomic E-state index is 12.4. The molecule has 5 heteroatoms. The van der Waals surface area contributed by atoms with Crippen LogP contribution in [0.1, 0.15) is 63.4 Å². The number of piperidine rings is 1. The molecule has 2 heterocycles. The van der Waals surface area contributed by atoms with Crippen LogP contribution in [0.25, 0.3) is 0 Å². The summed E-state index contributed by atoms with van der Waals surface area (Å²) >= 11 is 0. The van der Waals surface area contributed by atoms with Gasteiger partial charge in [0.2, 0.25) is 5.91 Å². The number of carbonyl (C=O) groups is 1. The lowest BCUT2D eigenvalue weighted by molar-refractivity contribution is -0.123. The lowest BCUT2D eigenvalue weighted by Crippen LogP contribution is -2.50. The Morgan fingerprint density at radius 1 is 0.967 bits per heavy atom. The second-order valence-electron chi connectivity index (χ2n) is 9.67. The lowest BCUT2D eigenvalue weighted by Gasteiger charge is -2.44. The van der Waals surface area contributed by atoms with E-state index in [1.54, 1.807) is 7.11 Å². The van der Waals surface area contributed by atoms with E-state index in [4.69, 9.17) is 4.74 Å². The molecular weight excluding hydrogens is 374 g/mol. The molecule has 1 saturated carbocycles. The van der Waals surface area contributed by atoms with E-state index >= 15 is 0 Å². The van der Waals surface area contributed by atoms with Gasteiger partial charge in [0.05, 0.1) is 13.7 Å². The Morgan fingerprint density at radius 2 is 1.63 bits per heavy atom. The van der Waals surface area contributed by atoms with E-state index in [0.29, 0.717) is 12.6 Å². The number of ether oxygens (including phenoxy) is 1. The summed E-state index contributed by atoms with van der Waals surface area (Å²) in [6.07, 6.45) is 11.2. The van der Waals surface area contributed by atoms with E-state index < -0.39 is 0 Å². The second kappa shape index (κ2) is 10.1. The highest BCUT2D eigenvalue weighted by Crippen LogP contribution is 2.41. The number of nitrogens with one attached hydrogen (secondary N) is 1. The van der Waals surface area contributed by atoms with Gasteiger partial charge in [0.1, 0.15) is 5.75 Å². The van der Waals surface area contributed by atoms with Gasteiger partial charge in [-0.1, -0.05) is 31.4 Å². The Kier molecular flexibility index (Phi) is 7.32. The van der Waals surface area contributed by atoms with Gasteiger partial charge < -0.3 is 15.0 Å². The Hall–Kier alpha value is -1.59. The van der Waals surface area contributed by atoms with E-state index in [1.807, 2.05) is 0 Å². The van der Waals surface area contributed by atoms with Gasteiger partial charge in [-0.3, -0.25) is 9.69 Å². The smallest absolute Gasteiger partial charge is 0.234 e. The third-order valence-corrected chi connectivity index (χ3v) is 7.56. The number of hydrogen-bond acceptors (Lipinski definition) is 4. The van der Waals surface area contributed by atoms with Crippen LogP contribution >= 0.6 is 0 Å². The molecule has 0 spiro atoms. The van der Waals surface area contributed by atoms with Crippen LogP contribution in [0.2, 0.25) is 0 Å². The summed E-state index contributed by atoms with van der Waals surface area (Å²) in [6.45, 7) is 6.08. The molecule has 0 aromatic heterocycles. The Labute approximate surface area is 182 Å². The molecule has 1 aromatic rings. The number of amides is 1. The highest BCUT2D eigenvalue weighted by atomic mass is 16.5. The molecule has 2 saturated heterocycles. The van der Waals surface area contributed by atoms with E-state index in [0.717, 1.165) is 51.3 Å². The summed E-state index contributed by atoms with van der Waals surface area (Å²) in [7, 11) is 1.74. The summed E-state index contributed by atoms with van der Waals surface area (Å²) in [5, 5.41) is 3.30. The quantitative estimate of drug-likeness (QED) is 0.742. The van der Waals surface area contributed by atoms with E-state index in [2.05, 4.69) is 39.4 Å². The molecule has 3 aliphatic rings. The van der Waals surface area contributed by atoms with E-state index in [1.165, 1.54) is 50.5 Å². The number of rotatable bonds is 7. The predicted molar refractivity (Wildman–Crippen MR) is 121 cm³/mol. The van der Waals surface area contributed by atoms with Crippen LogP contribution < -0.4 is 10.1 Å². The number of benzene rings is 1. The first-order valence-electron chi connectivity index (χ1n) is 12.1. The molecule has 1 aromatic carbocycles. The molecule has 3 fully saturated rings. The molecule has 1 amide bonds. The van der Waals surface area contributed by atoms with Gasteiger partial charge in [-0.2, -0.15) is 0 Å². The van der Waals surface area contributed by atoms with Crippen LogP contribution in [0.4, 0.5) is 0 Å². The molecule has 0 unspecified atom stereocenters. The van der Waals surface area contributed by atoms with Crippen molar-refractivity contribution in [3.63, 3.8) is 0 Å². The van der Waals surface area contributed by atoms with Gasteiger partial charge in [-0.05, 0) is 69.3 Å². The van der Waals surface area contributed by atoms with Gasteiger partial charge in [0.15, 0.2) is 0 Å². The standard InChI is InChI=1S/C25H39N3O2/c1-30-23-9-7-21(8-10-23)25(13-3-2-4-14-25)20-28-17-11-22(12-18-28)26-24(29)19-27-15-5-6-16-27/h7-10,22H,2-6,11-20H2,1H3,(H,26,29). The van der Waals surface area contributed by atoms with Crippen LogP contribution in [0.3, 0.4) is 0 Å². The van der Waals surface area contributed by atoms with Gasteiger partial charge in [-0.25, -0.2) is 0 Å². The van der Waals surface area contributed by atoms with Crippen LogP contribution in [-0.4, -0.2) is 68.1 Å². The van der Waals surface area contributed by atoms with Crippen LogP contribution in [0.5, 0.6) is 5.75 Å². The fraction of sp³-hybridized carbons (Fsp3) is 0.720. The molecule has 0 atom stereocenters. The first kappa shape index (κ1) is 21.6. The van der Waals surface area contributed by atoms with Crippen molar-refractivity contribution in [1.29, 1.82) is 0 Å². The third-order valence-electron chi connectivity index (χ3n) is 7.56. The molecule has 4 rings (SSSR count). The average molecular weight is 414 g/mol. The summed E-state index contributed by atoms with van der Waals surface area (Å²) in [6, 6.07) is 9.16. The summed E-state index contributed by atoms with van der Waals surface area (Å²) in [5.41, 5.74) is 1.75. The normalized spacial score (nSPS) is 23.4. The molecule has 5 nitrogen and oxygen atoms in total. The average Bonchev–Trinajstić information content (AvgIpc) is 3.29. The Bertz CT molecular complexity index is 670. The Morgan fingerprint density at radius 3 is 2.27 bits per heavy atom. The number of nitrogens with zero attached hydrogens (tertiary/aromatic N) is 2. The minimum Gasteiger partial charge on any atom is -0.497 e. The van der Waals surface area contributed by atoms with Crippen molar-refractivity contribution in [2.24, 2.45) is 0 Å². The van der Waals surface area contributed by atoms with Gasteiger partial charge in [-0.15, -0.1) is 0 Å². The summed E-state index contributed by atoms with van der Waals surface area (Å²) in [5.74, 6) is 1.16. The van der Waals surface area contributed by atoms with Crippen molar-refractivity contribution in [1.82, 2.24) is 15.1 Å². The van der Waals surface area contributed by atoms with Crippen LogP contribution in [0, 0.1) is 0 Å². The fourth-order valence-electron chi connectivity index (χ4n) is 5.79. The third kappa shape index (κ3) is 5.36. The summed E-state index contributed by atoms with van der Waals surface area (Å²) in [4.78, 5) is 17.3. The van der Waals surface area contributed by atoms with Crippen LogP contribution in [0.15, 0.2) is 24.3 Å². The largest absolute Gasteiger partial charge is 0.497 e. The zero-order chi connectivity index (χ0) is 20.8. The Balaban J connectivity index is 1.30. The number of likely N-dealkylation sites (tertiary alicyclic amines) is 2. The molecule has 1 N–H and O–H groups in total. The minimum absolute atomic E-state index is 0.220. The predicted octanol–water partition coefficient (Wildman–Crippen LogP) is 3.57. The van der Waals surface area contributed by atoms with Crippen molar-refractivity contribution >= 4 is 5.91 Å². The monoisotopic (exact) mass is 413 g/mol. The topological polar surface area (TPSA) is 44.8 Å². The highest BCUT2D eigenvalue weighted by molar-refractivity contribution is 5.78. The van der Waals surface area contributed by atoms with E-state index in [9.17, 15) is 4.79 Å². The van der Waals surface area contributed by atoms with Crippen molar-refractivity contribution in [2.75, 3.05) is 46.4 Å². The molecule has 2 aliphatic heterocycles. The van der Waals surface area contributed by atoms with Crippen molar-refractivity contribution in [3.8, 4) is 5.75 Å². The summed E-state index contributed by atoms with van der Waals surface area (Å²) < 4.78 is 5.38. The fourth-order valence-corrected chi connectivity index (χ4v) is 5.79. The molecule has 166 valence electrons. The van der Waals surface area contributed by atoms with Gasteiger partial charge >= 0.3 is 0 Å². The maximum Gasteiger partial charge on any atom is 0.234 e.